The van der Waals surface area contributed by atoms with E-state index in [4.69, 9.17) is 4.74 Å². The number of aryl methyl sites for hydroxylation is 1. The lowest BCUT2D eigenvalue weighted by Crippen LogP contribution is -2.52. The number of sulfonamides is 1. The Balaban J connectivity index is 2.54. The smallest absolute Gasteiger partial charge is 0.271 e. The number of likely N-dealkylation sites (N-methyl/N-ethyl adjacent to an activating group) is 1. The highest BCUT2D eigenvalue weighted by Crippen LogP contribution is 2.34. The molecule has 11 nitrogen and oxygen atoms in total. The van der Waals surface area contributed by atoms with E-state index in [0.717, 1.165) is 27.8 Å². The van der Waals surface area contributed by atoms with Gasteiger partial charge in [-0.2, -0.15) is 0 Å². The number of nitrogens with one attached hydrogen (secondary N) is 1. The molecule has 0 spiro atoms. The third-order valence-electron chi connectivity index (χ3n) is 5.53. The monoisotopic (exact) mass is 520 g/mol. The number of carbonyl (C=O) groups is 2. The Kier molecular flexibility index (Phi) is 9.79. The molecule has 1 atom stereocenters. The first-order chi connectivity index (χ1) is 16.9. The Labute approximate surface area is 211 Å². The summed E-state index contributed by atoms with van der Waals surface area (Å²) in [5.41, 5.74) is 1.27. The van der Waals surface area contributed by atoms with Crippen molar-refractivity contribution in [3.63, 3.8) is 0 Å². The summed E-state index contributed by atoms with van der Waals surface area (Å²) in [6, 6.07) is 10.0. The van der Waals surface area contributed by atoms with Crippen molar-refractivity contribution in [2.24, 2.45) is 0 Å². The lowest BCUT2D eigenvalue weighted by molar-refractivity contribution is -0.384. The van der Waals surface area contributed by atoms with E-state index in [9.17, 15) is 28.1 Å². The van der Waals surface area contributed by atoms with Crippen molar-refractivity contribution in [1.29, 1.82) is 0 Å². The number of anilines is 1. The van der Waals surface area contributed by atoms with Gasteiger partial charge < -0.3 is 15.0 Å². The van der Waals surface area contributed by atoms with Crippen LogP contribution in [0.2, 0.25) is 0 Å². The zero-order chi connectivity index (χ0) is 27.0. The van der Waals surface area contributed by atoms with Crippen LogP contribution in [0.25, 0.3) is 0 Å². The molecule has 0 aliphatic heterocycles. The minimum atomic E-state index is -4.08. The van der Waals surface area contributed by atoms with E-state index in [2.05, 4.69) is 5.32 Å². The van der Waals surface area contributed by atoms with Gasteiger partial charge in [-0.25, -0.2) is 8.42 Å². The number of nitro groups is 1. The molecular formula is C24H32N4O7S. The largest absolute Gasteiger partial charge is 0.495 e. The Morgan fingerprint density at radius 3 is 2.28 bits per heavy atom. The van der Waals surface area contributed by atoms with Crippen LogP contribution in [0.4, 0.5) is 11.4 Å². The number of benzene rings is 2. The van der Waals surface area contributed by atoms with E-state index in [1.165, 1.54) is 24.1 Å². The van der Waals surface area contributed by atoms with Crippen LogP contribution in [0, 0.1) is 17.0 Å². The Hall–Kier alpha value is -3.67. The first-order valence-electron chi connectivity index (χ1n) is 11.4. The van der Waals surface area contributed by atoms with Crippen LogP contribution in [-0.4, -0.2) is 62.6 Å². The van der Waals surface area contributed by atoms with Gasteiger partial charge in [-0.05, 0) is 31.9 Å². The van der Waals surface area contributed by atoms with E-state index in [1.807, 2.05) is 31.2 Å². The molecule has 1 N–H and O–H groups in total. The Morgan fingerprint density at radius 1 is 1.14 bits per heavy atom. The molecule has 2 aromatic rings. The summed E-state index contributed by atoms with van der Waals surface area (Å²) in [5.74, 6) is -0.966. The van der Waals surface area contributed by atoms with Gasteiger partial charge in [-0.3, -0.25) is 24.0 Å². The molecule has 12 heteroatoms. The number of methoxy groups -OCH3 is 1. The molecule has 0 saturated heterocycles. The molecule has 2 aromatic carbocycles. The lowest BCUT2D eigenvalue weighted by atomic mass is 10.1. The number of nitrogens with zero attached hydrogens (tertiary/aromatic N) is 3. The third-order valence-corrected chi connectivity index (χ3v) is 6.66. The highest BCUT2D eigenvalue weighted by atomic mass is 32.2. The summed E-state index contributed by atoms with van der Waals surface area (Å²) < 4.78 is 31.5. The molecule has 0 aliphatic carbocycles. The fourth-order valence-corrected chi connectivity index (χ4v) is 4.53. The maximum atomic E-state index is 13.6. The standard InChI is InChI=1S/C24H32N4O7S/c1-6-20(24(30)25-7-2)26(15-18-10-8-17(3)9-11-18)23(29)16-27(36(5,33)34)21-14-19(28(31)32)12-13-22(21)35-4/h8-14,20H,6-7,15-16H2,1-5H3,(H,25,30)/t20-/m0/s1. The quantitative estimate of drug-likeness (QED) is 0.335. The van der Waals surface area contributed by atoms with E-state index in [0.29, 0.717) is 13.0 Å². The maximum absolute atomic E-state index is 13.6. The van der Waals surface area contributed by atoms with Crippen molar-refractivity contribution in [1.82, 2.24) is 10.2 Å². The number of amides is 2. The van der Waals surface area contributed by atoms with Gasteiger partial charge in [0.25, 0.3) is 5.69 Å². The second kappa shape index (κ2) is 12.3. The highest BCUT2D eigenvalue weighted by molar-refractivity contribution is 7.92. The first kappa shape index (κ1) is 28.6. The fraction of sp³-hybridized carbons (Fsp3) is 0.417. The van der Waals surface area contributed by atoms with Crippen LogP contribution in [0.5, 0.6) is 5.75 Å². The topological polar surface area (TPSA) is 139 Å². The second-order valence-corrected chi connectivity index (χ2v) is 10.1. The Morgan fingerprint density at radius 2 is 1.78 bits per heavy atom. The number of non-ortho nitro benzene ring substituents is 1. The van der Waals surface area contributed by atoms with Crippen molar-refractivity contribution < 1.29 is 27.7 Å². The molecule has 2 amide bonds. The van der Waals surface area contributed by atoms with Crippen molar-refractivity contribution >= 4 is 33.2 Å². The zero-order valence-corrected chi connectivity index (χ0v) is 21.9. The normalized spacial score (nSPS) is 11.9. The van der Waals surface area contributed by atoms with Gasteiger partial charge >= 0.3 is 0 Å². The summed E-state index contributed by atoms with van der Waals surface area (Å²) in [4.78, 5) is 38.4. The summed E-state index contributed by atoms with van der Waals surface area (Å²) in [7, 11) is -2.79. The number of hydrogen-bond acceptors (Lipinski definition) is 7. The van der Waals surface area contributed by atoms with Crippen LogP contribution in [-0.2, 0) is 26.2 Å². The van der Waals surface area contributed by atoms with Crippen molar-refractivity contribution in [2.75, 3.05) is 30.8 Å². The van der Waals surface area contributed by atoms with E-state index < -0.39 is 33.4 Å². The number of rotatable bonds is 12. The highest BCUT2D eigenvalue weighted by Gasteiger charge is 2.33. The van der Waals surface area contributed by atoms with Gasteiger partial charge in [-0.15, -0.1) is 0 Å². The molecule has 0 aliphatic rings. The minimum absolute atomic E-state index is 0.0414. The first-order valence-corrected chi connectivity index (χ1v) is 13.2. The molecule has 0 saturated carbocycles. The van der Waals surface area contributed by atoms with Crippen molar-refractivity contribution in [3.8, 4) is 5.75 Å². The second-order valence-electron chi connectivity index (χ2n) is 8.21. The van der Waals surface area contributed by atoms with Crippen LogP contribution >= 0.6 is 0 Å². The molecule has 196 valence electrons. The van der Waals surface area contributed by atoms with Crippen LogP contribution in [0.15, 0.2) is 42.5 Å². The SMILES string of the molecule is CCNC(=O)[C@H](CC)N(Cc1ccc(C)cc1)C(=O)CN(c1cc([N+](=O)[O-])ccc1OC)S(C)(=O)=O. The molecular weight excluding hydrogens is 488 g/mol. The predicted molar refractivity (Wildman–Crippen MR) is 136 cm³/mol. The lowest BCUT2D eigenvalue weighted by Gasteiger charge is -2.33. The van der Waals surface area contributed by atoms with Gasteiger partial charge in [0, 0.05) is 25.2 Å². The third kappa shape index (κ3) is 7.17. The molecule has 0 fully saturated rings. The minimum Gasteiger partial charge on any atom is -0.495 e. The van der Waals surface area contributed by atoms with E-state index >= 15 is 0 Å². The van der Waals surface area contributed by atoms with Gasteiger partial charge in [0.05, 0.1) is 18.3 Å². The number of nitro benzene ring substituents is 1. The van der Waals surface area contributed by atoms with Gasteiger partial charge in [0.1, 0.15) is 24.0 Å². The van der Waals surface area contributed by atoms with Crippen LogP contribution in [0.1, 0.15) is 31.4 Å². The van der Waals surface area contributed by atoms with Gasteiger partial charge in [0.15, 0.2) is 0 Å². The zero-order valence-electron chi connectivity index (χ0n) is 21.1. The van der Waals surface area contributed by atoms with Crippen LogP contribution < -0.4 is 14.4 Å². The summed E-state index contributed by atoms with van der Waals surface area (Å²) >= 11 is 0. The fourth-order valence-electron chi connectivity index (χ4n) is 3.68. The van der Waals surface area contributed by atoms with Crippen LogP contribution in [0.3, 0.4) is 0 Å². The van der Waals surface area contributed by atoms with E-state index in [1.54, 1.807) is 13.8 Å². The summed E-state index contributed by atoms with van der Waals surface area (Å²) in [6.45, 7) is 5.19. The van der Waals surface area contributed by atoms with E-state index in [-0.39, 0.29) is 29.6 Å². The number of carbonyl (C=O) groups excluding carboxylic acids is 2. The molecule has 0 aromatic heterocycles. The number of ether oxygens (including phenoxy) is 1. The van der Waals surface area contributed by atoms with Gasteiger partial charge in [0.2, 0.25) is 21.8 Å². The van der Waals surface area contributed by atoms with Gasteiger partial charge in [-0.1, -0.05) is 36.8 Å². The average molecular weight is 521 g/mol. The predicted octanol–water partition coefficient (Wildman–Crippen LogP) is 2.62. The molecule has 0 bridgehead atoms. The maximum Gasteiger partial charge on any atom is 0.271 e. The average Bonchev–Trinajstić information content (AvgIpc) is 2.82. The molecule has 0 unspecified atom stereocenters. The molecule has 2 rings (SSSR count). The molecule has 0 radical (unpaired) electrons. The molecule has 0 heterocycles. The summed E-state index contributed by atoms with van der Waals surface area (Å²) in [5, 5.41) is 14.0. The number of hydrogen-bond donors (Lipinski definition) is 1. The summed E-state index contributed by atoms with van der Waals surface area (Å²) in [6.07, 6.45) is 1.19. The Bertz CT molecular complexity index is 1200. The molecule has 36 heavy (non-hydrogen) atoms. The van der Waals surface area contributed by atoms with Crippen molar-refractivity contribution in [3.05, 3.63) is 63.7 Å². The van der Waals surface area contributed by atoms with Crippen molar-refractivity contribution in [2.45, 2.75) is 39.8 Å².